The Balaban J connectivity index is 2.40. The summed E-state index contributed by atoms with van der Waals surface area (Å²) in [4.78, 5) is 14.5. The third-order valence-corrected chi connectivity index (χ3v) is 2.10. The van der Waals surface area contributed by atoms with Crippen LogP contribution in [0.2, 0.25) is 0 Å². The Kier molecular flexibility index (Phi) is 4.09. The molecule has 1 unspecified atom stereocenters. The van der Waals surface area contributed by atoms with Crippen molar-refractivity contribution in [2.24, 2.45) is 0 Å². The Morgan fingerprint density at radius 3 is 2.87 bits per heavy atom. The topological polar surface area (TPSA) is 62.2 Å². The van der Waals surface area contributed by atoms with E-state index in [0.717, 1.165) is 11.4 Å². The largest absolute Gasteiger partial charge is 0.481 e. The molecular formula is C11H16N2O2. The number of nitrogens with zero attached hydrogens (tertiary/aromatic N) is 1. The van der Waals surface area contributed by atoms with Gasteiger partial charge in [0.1, 0.15) is 5.82 Å². The van der Waals surface area contributed by atoms with Crippen molar-refractivity contribution in [1.82, 2.24) is 4.98 Å². The fourth-order valence-corrected chi connectivity index (χ4v) is 1.22. The molecule has 0 aliphatic rings. The average Bonchev–Trinajstić information content (AvgIpc) is 2.19. The number of aromatic nitrogens is 1. The summed E-state index contributed by atoms with van der Waals surface area (Å²) in [5.41, 5.74) is 1.11. The van der Waals surface area contributed by atoms with Crippen molar-refractivity contribution in [2.45, 2.75) is 32.7 Å². The van der Waals surface area contributed by atoms with Crippen LogP contribution in [0, 0.1) is 6.92 Å². The van der Waals surface area contributed by atoms with E-state index in [0.29, 0.717) is 6.42 Å². The first-order valence-corrected chi connectivity index (χ1v) is 4.99. The summed E-state index contributed by atoms with van der Waals surface area (Å²) in [5.74, 6) is 0.0269. The Bertz CT molecular complexity index is 322. The van der Waals surface area contributed by atoms with Crippen LogP contribution >= 0.6 is 0 Å². The van der Waals surface area contributed by atoms with Crippen LogP contribution in [-0.4, -0.2) is 22.1 Å². The maximum absolute atomic E-state index is 10.4. The molecule has 0 aliphatic heterocycles. The van der Waals surface area contributed by atoms with Crippen LogP contribution in [0.25, 0.3) is 0 Å². The minimum atomic E-state index is -0.763. The number of pyridine rings is 1. The van der Waals surface area contributed by atoms with E-state index in [4.69, 9.17) is 5.11 Å². The summed E-state index contributed by atoms with van der Waals surface area (Å²) >= 11 is 0. The summed E-state index contributed by atoms with van der Waals surface area (Å²) in [6.07, 6.45) is 2.57. The molecule has 0 bridgehead atoms. The number of nitrogens with one attached hydrogen (secondary N) is 1. The summed E-state index contributed by atoms with van der Waals surface area (Å²) in [7, 11) is 0. The average molecular weight is 208 g/mol. The van der Waals surface area contributed by atoms with Crippen molar-refractivity contribution in [3.05, 3.63) is 23.9 Å². The number of carboxylic acid groups (broad SMARTS) is 1. The van der Waals surface area contributed by atoms with Crippen molar-refractivity contribution in [2.75, 3.05) is 5.32 Å². The van der Waals surface area contributed by atoms with Crippen molar-refractivity contribution in [3.63, 3.8) is 0 Å². The zero-order valence-electron chi connectivity index (χ0n) is 9.03. The molecule has 4 heteroatoms. The van der Waals surface area contributed by atoms with Gasteiger partial charge in [-0.05, 0) is 31.9 Å². The number of hydrogen-bond donors (Lipinski definition) is 2. The highest BCUT2D eigenvalue weighted by molar-refractivity contribution is 5.66. The molecule has 1 rings (SSSR count). The quantitative estimate of drug-likeness (QED) is 0.777. The number of carbonyl (C=O) groups is 1. The normalized spacial score (nSPS) is 12.1. The van der Waals surface area contributed by atoms with Crippen LogP contribution in [0.3, 0.4) is 0 Å². The summed E-state index contributed by atoms with van der Waals surface area (Å²) in [6.45, 7) is 3.93. The maximum atomic E-state index is 10.4. The van der Waals surface area contributed by atoms with Crippen LogP contribution < -0.4 is 5.32 Å². The fraction of sp³-hybridized carbons (Fsp3) is 0.455. The molecule has 1 aromatic rings. The summed E-state index contributed by atoms with van der Waals surface area (Å²) in [5, 5.41) is 11.7. The lowest BCUT2D eigenvalue weighted by Crippen LogP contribution is -2.17. The second-order valence-electron chi connectivity index (χ2n) is 3.70. The van der Waals surface area contributed by atoms with E-state index in [-0.39, 0.29) is 12.5 Å². The van der Waals surface area contributed by atoms with Gasteiger partial charge in [0, 0.05) is 18.7 Å². The van der Waals surface area contributed by atoms with Gasteiger partial charge in [0.15, 0.2) is 0 Å². The summed E-state index contributed by atoms with van der Waals surface area (Å²) in [6, 6.07) is 3.99. The lowest BCUT2D eigenvalue weighted by molar-refractivity contribution is -0.137. The highest BCUT2D eigenvalue weighted by Crippen LogP contribution is 2.08. The van der Waals surface area contributed by atoms with E-state index in [1.54, 1.807) is 6.20 Å². The molecule has 0 saturated heterocycles. The molecule has 0 radical (unpaired) electrons. The van der Waals surface area contributed by atoms with Gasteiger partial charge in [-0.15, -0.1) is 0 Å². The second-order valence-corrected chi connectivity index (χ2v) is 3.70. The minimum Gasteiger partial charge on any atom is -0.481 e. The van der Waals surface area contributed by atoms with Gasteiger partial charge in [0.05, 0.1) is 0 Å². The second kappa shape index (κ2) is 5.34. The molecule has 1 atom stereocenters. The molecular weight excluding hydrogens is 192 g/mol. The zero-order chi connectivity index (χ0) is 11.3. The van der Waals surface area contributed by atoms with Gasteiger partial charge in [-0.3, -0.25) is 4.79 Å². The molecule has 15 heavy (non-hydrogen) atoms. The molecule has 4 nitrogen and oxygen atoms in total. The molecule has 0 aromatic carbocycles. The van der Waals surface area contributed by atoms with Gasteiger partial charge < -0.3 is 10.4 Å². The highest BCUT2D eigenvalue weighted by atomic mass is 16.4. The molecule has 82 valence electrons. The van der Waals surface area contributed by atoms with Gasteiger partial charge in [-0.2, -0.15) is 0 Å². The number of rotatable bonds is 5. The van der Waals surface area contributed by atoms with Crippen molar-refractivity contribution < 1.29 is 9.90 Å². The van der Waals surface area contributed by atoms with Crippen LogP contribution in [0.4, 0.5) is 5.82 Å². The first-order chi connectivity index (χ1) is 7.08. The minimum absolute atomic E-state index is 0.122. The Hall–Kier alpha value is -1.58. The summed E-state index contributed by atoms with van der Waals surface area (Å²) < 4.78 is 0. The Morgan fingerprint density at radius 2 is 2.33 bits per heavy atom. The van der Waals surface area contributed by atoms with Crippen LogP contribution in [-0.2, 0) is 4.79 Å². The number of hydrogen-bond acceptors (Lipinski definition) is 3. The molecule has 0 amide bonds. The third-order valence-electron chi connectivity index (χ3n) is 2.10. The van der Waals surface area contributed by atoms with Gasteiger partial charge in [-0.1, -0.05) is 6.07 Å². The maximum Gasteiger partial charge on any atom is 0.303 e. The third kappa shape index (κ3) is 4.44. The predicted molar refractivity (Wildman–Crippen MR) is 58.9 cm³/mol. The van der Waals surface area contributed by atoms with Gasteiger partial charge in [0.25, 0.3) is 0 Å². The number of aliphatic carboxylic acids is 1. The first-order valence-electron chi connectivity index (χ1n) is 4.99. The van der Waals surface area contributed by atoms with E-state index in [1.807, 2.05) is 26.0 Å². The monoisotopic (exact) mass is 208 g/mol. The van der Waals surface area contributed by atoms with Crippen LogP contribution in [0.5, 0.6) is 0 Å². The van der Waals surface area contributed by atoms with Gasteiger partial charge >= 0.3 is 5.97 Å². The van der Waals surface area contributed by atoms with Gasteiger partial charge in [0.2, 0.25) is 0 Å². The van der Waals surface area contributed by atoms with Crippen molar-refractivity contribution in [3.8, 4) is 0 Å². The van der Waals surface area contributed by atoms with E-state index >= 15 is 0 Å². The van der Waals surface area contributed by atoms with E-state index in [2.05, 4.69) is 10.3 Å². The molecule has 0 fully saturated rings. The predicted octanol–water partition coefficient (Wildman–Crippen LogP) is 2.06. The lowest BCUT2D eigenvalue weighted by Gasteiger charge is -2.13. The lowest BCUT2D eigenvalue weighted by atomic mass is 10.2. The van der Waals surface area contributed by atoms with Crippen LogP contribution in [0.15, 0.2) is 18.3 Å². The van der Waals surface area contributed by atoms with E-state index in [1.165, 1.54) is 0 Å². The molecule has 0 saturated carbocycles. The molecule has 2 N–H and O–H groups in total. The Labute approximate surface area is 89.3 Å². The number of carboxylic acids is 1. The Morgan fingerprint density at radius 1 is 1.60 bits per heavy atom. The van der Waals surface area contributed by atoms with Gasteiger partial charge in [-0.25, -0.2) is 4.98 Å². The van der Waals surface area contributed by atoms with Crippen LogP contribution in [0.1, 0.15) is 25.3 Å². The first kappa shape index (κ1) is 11.5. The molecule has 1 heterocycles. The van der Waals surface area contributed by atoms with E-state index in [9.17, 15) is 4.79 Å². The highest BCUT2D eigenvalue weighted by Gasteiger charge is 2.05. The number of anilines is 1. The zero-order valence-corrected chi connectivity index (χ0v) is 9.03. The molecule has 0 aliphatic carbocycles. The number of aryl methyl sites for hydroxylation is 1. The smallest absolute Gasteiger partial charge is 0.303 e. The standard InChI is InChI=1S/C11H16N2O2/c1-8-3-5-10(12-7-8)13-9(2)4-6-11(14)15/h3,5,7,9H,4,6H2,1-2H3,(H,12,13)(H,14,15). The molecule has 1 aromatic heterocycles. The van der Waals surface area contributed by atoms with Crippen molar-refractivity contribution >= 4 is 11.8 Å². The fourth-order valence-electron chi connectivity index (χ4n) is 1.22. The SMILES string of the molecule is Cc1ccc(NC(C)CCC(=O)O)nc1. The van der Waals surface area contributed by atoms with E-state index < -0.39 is 5.97 Å². The molecule has 0 spiro atoms. The van der Waals surface area contributed by atoms with Crippen molar-refractivity contribution in [1.29, 1.82) is 0 Å².